The summed E-state index contributed by atoms with van der Waals surface area (Å²) < 4.78 is 5.46. The summed E-state index contributed by atoms with van der Waals surface area (Å²) >= 11 is 0. The molecule has 1 aliphatic carbocycles. The van der Waals surface area contributed by atoms with Crippen LogP contribution < -0.4 is 5.32 Å². The van der Waals surface area contributed by atoms with E-state index in [1.54, 1.807) is 0 Å². The molecule has 1 aliphatic heterocycles. The first-order chi connectivity index (χ1) is 5.36. The van der Waals surface area contributed by atoms with Crippen LogP contribution in [0.15, 0.2) is 23.6 Å². The number of nitrogens with one attached hydrogen (secondary N) is 1. The lowest BCUT2D eigenvalue weighted by molar-refractivity contribution is 0.193. The van der Waals surface area contributed by atoms with Crippen molar-refractivity contribution in [2.75, 3.05) is 13.2 Å². The molecule has 1 heterocycles. The SMILES string of the molecule is CC1C=C2NCCOC2=CC1. The van der Waals surface area contributed by atoms with Gasteiger partial charge in [-0.1, -0.05) is 13.0 Å². The number of morpholine rings is 1. The molecule has 0 bridgehead atoms. The van der Waals surface area contributed by atoms with E-state index in [0.717, 1.165) is 25.3 Å². The highest BCUT2D eigenvalue weighted by atomic mass is 16.5. The fourth-order valence-corrected chi connectivity index (χ4v) is 1.47. The van der Waals surface area contributed by atoms with Crippen molar-refractivity contribution in [2.45, 2.75) is 13.3 Å². The second-order valence-corrected chi connectivity index (χ2v) is 3.14. The van der Waals surface area contributed by atoms with Crippen LogP contribution in [0.25, 0.3) is 0 Å². The molecular weight excluding hydrogens is 138 g/mol. The molecule has 60 valence electrons. The first-order valence-corrected chi connectivity index (χ1v) is 4.15. The van der Waals surface area contributed by atoms with Gasteiger partial charge in [-0.3, -0.25) is 0 Å². The Kier molecular flexibility index (Phi) is 1.60. The Labute approximate surface area is 66.9 Å². The molecule has 0 radical (unpaired) electrons. The van der Waals surface area contributed by atoms with Crippen molar-refractivity contribution < 1.29 is 4.74 Å². The summed E-state index contributed by atoms with van der Waals surface area (Å²) in [4.78, 5) is 0. The maximum Gasteiger partial charge on any atom is 0.138 e. The normalized spacial score (nSPS) is 29.0. The van der Waals surface area contributed by atoms with E-state index in [0.29, 0.717) is 5.92 Å². The fraction of sp³-hybridized carbons (Fsp3) is 0.556. The van der Waals surface area contributed by atoms with Gasteiger partial charge in [0.2, 0.25) is 0 Å². The molecule has 0 aromatic rings. The van der Waals surface area contributed by atoms with Crippen LogP contribution in [0, 0.1) is 5.92 Å². The molecule has 0 saturated carbocycles. The van der Waals surface area contributed by atoms with E-state index in [-0.39, 0.29) is 0 Å². The summed E-state index contributed by atoms with van der Waals surface area (Å²) in [6.45, 7) is 3.96. The molecule has 2 nitrogen and oxygen atoms in total. The molecule has 11 heavy (non-hydrogen) atoms. The summed E-state index contributed by atoms with van der Waals surface area (Å²) in [7, 11) is 0. The second kappa shape index (κ2) is 2.61. The Morgan fingerprint density at radius 3 is 3.45 bits per heavy atom. The molecular formula is C9H13NO. The molecule has 2 aliphatic rings. The van der Waals surface area contributed by atoms with Crippen LogP contribution in [0.1, 0.15) is 13.3 Å². The van der Waals surface area contributed by atoms with Gasteiger partial charge in [0, 0.05) is 6.54 Å². The molecule has 1 saturated heterocycles. The van der Waals surface area contributed by atoms with Crippen LogP contribution in [-0.4, -0.2) is 13.2 Å². The number of allylic oxidation sites excluding steroid dienone is 2. The highest BCUT2D eigenvalue weighted by Crippen LogP contribution is 2.23. The third kappa shape index (κ3) is 1.25. The number of hydrogen-bond donors (Lipinski definition) is 1. The molecule has 0 aromatic heterocycles. The van der Waals surface area contributed by atoms with Crippen LogP contribution in [-0.2, 0) is 4.74 Å². The predicted molar refractivity (Wildman–Crippen MR) is 43.9 cm³/mol. The Morgan fingerprint density at radius 1 is 1.64 bits per heavy atom. The van der Waals surface area contributed by atoms with Crippen molar-refractivity contribution in [3.05, 3.63) is 23.6 Å². The monoisotopic (exact) mass is 151 g/mol. The maximum atomic E-state index is 5.46. The Bertz CT molecular complexity index is 218. The first kappa shape index (κ1) is 6.77. The second-order valence-electron chi connectivity index (χ2n) is 3.14. The summed E-state index contributed by atoms with van der Waals surface area (Å²) in [5, 5.41) is 3.32. The molecule has 0 amide bonds. The number of ether oxygens (including phenoxy) is 1. The molecule has 1 atom stereocenters. The standard InChI is InChI=1S/C9H13NO/c1-7-2-3-9-8(6-7)10-4-5-11-9/h3,6-7,10H,2,4-5H2,1H3. The zero-order valence-electron chi connectivity index (χ0n) is 6.76. The van der Waals surface area contributed by atoms with Crippen molar-refractivity contribution in [3.63, 3.8) is 0 Å². The fourth-order valence-electron chi connectivity index (χ4n) is 1.47. The quantitative estimate of drug-likeness (QED) is 0.565. The van der Waals surface area contributed by atoms with Crippen LogP contribution >= 0.6 is 0 Å². The van der Waals surface area contributed by atoms with E-state index in [1.165, 1.54) is 5.70 Å². The molecule has 0 spiro atoms. The van der Waals surface area contributed by atoms with Gasteiger partial charge in [-0.15, -0.1) is 0 Å². The largest absolute Gasteiger partial charge is 0.490 e. The highest BCUT2D eigenvalue weighted by molar-refractivity contribution is 5.29. The van der Waals surface area contributed by atoms with Crippen molar-refractivity contribution >= 4 is 0 Å². The van der Waals surface area contributed by atoms with E-state index in [2.05, 4.69) is 24.4 Å². The number of rotatable bonds is 0. The molecule has 1 unspecified atom stereocenters. The van der Waals surface area contributed by atoms with Crippen molar-refractivity contribution in [2.24, 2.45) is 5.92 Å². The summed E-state index contributed by atoms with van der Waals surface area (Å²) in [6.07, 6.45) is 5.53. The van der Waals surface area contributed by atoms with Crippen molar-refractivity contribution in [3.8, 4) is 0 Å². The van der Waals surface area contributed by atoms with Gasteiger partial charge >= 0.3 is 0 Å². The summed E-state index contributed by atoms with van der Waals surface area (Å²) in [6, 6.07) is 0. The molecule has 1 fully saturated rings. The van der Waals surface area contributed by atoms with Gasteiger partial charge in [0.1, 0.15) is 12.4 Å². The Hall–Kier alpha value is -0.920. The Morgan fingerprint density at radius 2 is 2.55 bits per heavy atom. The average Bonchev–Trinajstić information content (AvgIpc) is 2.04. The maximum absolute atomic E-state index is 5.46. The minimum Gasteiger partial charge on any atom is -0.490 e. The van der Waals surface area contributed by atoms with E-state index >= 15 is 0 Å². The molecule has 2 heteroatoms. The van der Waals surface area contributed by atoms with Crippen LogP contribution in [0.3, 0.4) is 0 Å². The Balaban J connectivity index is 2.19. The lowest BCUT2D eigenvalue weighted by Gasteiger charge is -2.25. The van der Waals surface area contributed by atoms with E-state index in [4.69, 9.17) is 4.74 Å². The lowest BCUT2D eigenvalue weighted by atomic mass is 10.00. The van der Waals surface area contributed by atoms with Gasteiger partial charge in [-0.05, 0) is 18.4 Å². The zero-order chi connectivity index (χ0) is 7.68. The highest BCUT2D eigenvalue weighted by Gasteiger charge is 2.16. The predicted octanol–water partition coefficient (Wildman–Crippen LogP) is 1.41. The molecule has 2 rings (SSSR count). The average molecular weight is 151 g/mol. The van der Waals surface area contributed by atoms with Crippen LogP contribution in [0.4, 0.5) is 0 Å². The minimum absolute atomic E-state index is 0.656. The van der Waals surface area contributed by atoms with Gasteiger partial charge < -0.3 is 10.1 Å². The topological polar surface area (TPSA) is 21.3 Å². The van der Waals surface area contributed by atoms with Gasteiger partial charge in [0.05, 0.1) is 5.70 Å². The van der Waals surface area contributed by atoms with Crippen LogP contribution in [0.5, 0.6) is 0 Å². The summed E-state index contributed by atoms with van der Waals surface area (Å²) in [5.74, 6) is 1.71. The van der Waals surface area contributed by atoms with Crippen molar-refractivity contribution in [1.82, 2.24) is 5.32 Å². The first-order valence-electron chi connectivity index (χ1n) is 4.15. The van der Waals surface area contributed by atoms with E-state index in [9.17, 15) is 0 Å². The van der Waals surface area contributed by atoms with Gasteiger partial charge in [-0.2, -0.15) is 0 Å². The number of fused-ring (bicyclic) bond motifs is 1. The zero-order valence-corrected chi connectivity index (χ0v) is 6.76. The van der Waals surface area contributed by atoms with Gasteiger partial charge in [0.25, 0.3) is 0 Å². The summed E-state index contributed by atoms with van der Waals surface area (Å²) in [5.41, 5.74) is 1.19. The van der Waals surface area contributed by atoms with Crippen LogP contribution in [0.2, 0.25) is 0 Å². The lowest BCUT2D eigenvalue weighted by Crippen LogP contribution is -2.29. The smallest absolute Gasteiger partial charge is 0.138 e. The van der Waals surface area contributed by atoms with E-state index < -0.39 is 0 Å². The third-order valence-corrected chi connectivity index (χ3v) is 2.07. The van der Waals surface area contributed by atoms with E-state index in [1.807, 2.05) is 0 Å². The van der Waals surface area contributed by atoms with Gasteiger partial charge in [-0.25, -0.2) is 0 Å². The molecule has 0 aromatic carbocycles. The third-order valence-electron chi connectivity index (χ3n) is 2.07. The van der Waals surface area contributed by atoms with Gasteiger partial charge in [0.15, 0.2) is 0 Å². The minimum atomic E-state index is 0.656. The van der Waals surface area contributed by atoms with Crippen molar-refractivity contribution in [1.29, 1.82) is 0 Å². The number of hydrogen-bond acceptors (Lipinski definition) is 2. The molecule has 1 N–H and O–H groups in total.